The Morgan fingerprint density at radius 1 is 0.793 bits per heavy atom. The van der Waals surface area contributed by atoms with E-state index in [1.807, 2.05) is 76.5 Å². The van der Waals surface area contributed by atoms with Crippen LogP contribution in [0.3, 0.4) is 0 Å². The number of likely N-dealkylation sites (tertiary alicyclic amines) is 2. The SMILES string of the molecule is NCc1cccc(C2CCN(C(=O)c3cccc([C@@]4(C5CC5)OB(c5ccc6cc(C(=O)N7CCC8(CC7)COc7ccc(CN)cc78)[nH]c6c5)OC4=O)c3)CC2)c1. The Hall–Kier alpha value is -5.43. The molecule has 4 fully saturated rings. The van der Waals surface area contributed by atoms with Crippen LogP contribution < -0.4 is 21.7 Å². The van der Waals surface area contributed by atoms with Crippen LogP contribution >= 0.6 is 0 Å². The van der Waals surface area contributed by atoms with Crippen molar-refractivity contribution in [1.29, 1.82) is 0 Å². The van der Waals surface area contributed by atoms with E-state index in [2.05, 4.69) is 29.2 Å². The molecule has 1 spiro atoms. The van der Waals surface area contributed by atoms with Gasteiger partial charge in [0.1, 0.15) is 11.4 Å². The lowest BCUT2D eigenvalue weighted by molar-refractivity contribution is -0.145. The van der Waals surface area contributed by atoms with Crippen LogP contribution in [0.5, 0.6) is 5.75 Å². The zero-order valence-electron chi connectivity index (χ0n) is 32.6. The molecular weight excluding hydrogens is 729 g/mol. The van der Waals surface area contributed by atoms with Crippen LogP contribution in [0.2, 0.25) is 0 Å². The van der Waals surface area contributed by atoms with Crippen LogP contribution in [0.15, 0.2) is 91.0 Å². The molecule has 5 heterocycles. The second kappa shape index (κ2) is 14.4. The van der Waals surface area contributed by atoms with Crippen molar-refractivity contribution < 1.29 is 28.4 Å². The number of ether oxygens (including phenoxy) is 1. The molecule has 1 saturated carbocycles. The van der Waals surface area contributed by atoms with Crippen molar-refractivity contribution in [2.75, 3.05) is 32.8 Å². The van der Waals surface area contributed by atoms with Crippen molar-refractivity contribution >= 4 is 41.3 Å². The molecule has 0 radical (unpaired) electrons. The monoisotopic (exact) mass is 777 g/mol. The summed E-state index contributed by atoms with van der Waals surface area (Å²) in [5, 5.41) is 0.880. The predicted molar refractivity (Wildman–Crippen MR) is 221 cm³/mol. The second-order valence-electron chi connectivity index (χ2n) is 16.9. The highest BCUT2D eigenvalue weighted by molar-refractivity contribution is 6.64. The molecule has 3 saturated heterocycles. The third-order valence-corrected chi connectivity index (χ3v) is 13.5. The molecule has 58 heavy (non-hydrogen) atoms. The molecule has 5 aromatic rings. The highest BCUT2D eigenvalue weighted by atomic mass is 16.7. The minimum atomic E-state index is -1.31. The van der Waals surface area contributed by atoms with Gasteiger partial charge in [0.25, 0.3) is 11.8 Å². The zero-order valence-corrected chi connectivity index (χ0v) is 32.6. The molecule has 1 aliphatic carbocycles. The lowest BCUT2D eigenvalue weighted by Crippen LogP contribution is -2.46. The van der Waals surface area contributed by atoms with Gasteiger partial charge in [-0.25, -0.2) is 0 Å². The van der Waals surface area contributed by atoms with Crippen molar-refractivity contribution in [1.82, 2.24) is 14.8 Å². The largest absolute Gasteiger partial charge is 0.565 e. The summed E-state index contributed by atoms with van der Waals surface area (Å²) in [6.45, 7) is 4.18. The van der Waals surface area contributed by atoms with E-state index in [4.69, 9.17) is 25.5 Å². The van der Waals surface area contributed by atoms with Gasteiger partial charge in [-0.2, -0.15) is 0 Å². The Balaban J connectivity index is 0.826. The lowest BCUT2D eigenvalue weighted by Gasteiger charge is -2.38. The fourth-order valence-corrected chi connectivity index (χ4v) is 9.86. The molecule has 11 nitrogen and oxygen atoms in total. The van der Waals surface area contributed by atoms with E-state index in [1.165, 1.54) is 11.1 Å². The summed E-state index contributed by atoms with van der Waals surface area (Å²) in [5.41, 5.74) is 18.2. The van der Waals surface area contributed by atoms with Gasteiger partial charge in [0.05, 0.1) is 6.61 Å². The van der Waals surface area contributed by atoms with Crippen molar-refractivity contribution in [2.45, 2.75) is 68.5 Å². The second-order valence-corrected chi connectivity index (χ2v) is 16.9. The lowest BCUT2D eigenvalue weighted by atomic mass is 9.74. The fraction of sp³-hybridized carbons (Fsp3) is 0.370. The topological polar surface area (TPSA) is 153 Å². The molecule has 4 aromatic carbocycles. The quantitative estimate of drug-likeness (QED) is 0.181. The number of rotatable bonds is 8. The van der Waals surface area contributed by atoms with Gasteiger partial charge < -0.3 is 40.3 Å². The predicted octanol–water partition coefficient (Wildman–Crippen LogP) is 5.25. The number of H-pyrrole nitrogens is 1. The summed E-state index contributed by atoms with van der Waals surface area (Å²) in [7, 11) is -0.939. The molecule has 0 unspecified atom stereocenters. The van der Waals surface area contributed by atoms with E-state index in [0.717, 1.165) is 66.3 Å². The fourth-order valence-electron chi connectivity index (χ4n) is 9.86. The highest BCUT2D eigenvalue weighted by Crippen LogP contribution is 2.52. The zero-order chi connectivity index (χ0) is 39.6. The summed E-state index contributed by atoms with van der Waals surface area (Å²) in [4.78, 5) is 48.8. The van der Waals surface area contributed by atoms with Crippen LogP contribution in [0, 0.1) is 5.92 Å². The molecule has 10 rings (SSSR count). The first-order chi connectivity index (χ1) is 28.3. The Morgan fingerprint density at radius 3 is 2.33 bits per heavy atom. The molecule has 5 aliphatic rings. The summed E-state index contributed by atoms with van der Waals surface area (Å²) in [6, 6.07) is 29.6. The van der Waals surface area contributed by atoms with Crippen LogP contribution in [-0.2, 0) is 38.2 Å². The Morgan fingerprint density at radius 2 is 1.55 bits per heavy atom. The van der Waals surface area contributed by atoms with Gasteiger partial charge >= 0.3 is 13.1 Å². The van der Waals surface area contributed by atoms with E-state index < -0.39 is 18.7 Å². The third-order valence-electron chi connectivity index (χ3n) is 13.5. The van der Waals surface area contributed by atoms with Gasteiger partial charge in [0.15, 0.2) is 5.60 Å². The number of aromatic nitrogens is 1. The highest BCUT2D eigenvalue weighted by Gasteiger charge is 2.62. The number of aromatic amines is 1. The van der Waals surface area contributed by atoms with Crippen LogP contribution in [0.25, 0.3) is 10.9 Å². The number of nitrogens with two attached hydrogens (primary N) is 2. The molecule has 296 valence electrons. The maximum Gasteiger partial charge on any atom is 0.565 e. The Kier molecular flexibility index (Phi) is 9.18. The average Bonchev–Trinajstić information content (AvgIpc) is 3.82. The van der Waals surface area contributed by atoms with E-state index >= 15 is 0 Å². The Bertz CT molecular complexity index is 2430. The minimum Gasteiger partial charge on any atom is -0.503 e. The normalized spacial score (nSPS) is 21.7. The summed E-state index contributed by atoms with van der Waals surface area (Å²) < 4.78 is 18.8. The first-order valence-corrected chi connectivity index (χ1v) is 20.7. The molecule has 5 N–H and O–H groups in total. The number of amides is 2. The number of fused-ring (bicyclic) bond motifs is 3. The van der Waals surface area contributed by atoms with Crippen molar-refractivity contribution in [3.63, 3.8) is 0 Å². The van der Waals surface area contributed by atoms with E-state index in [9.17, 15) is 14.4 Å². The number of benzene rings is 4. The Labute approximate surface area is 338 Å². The van der Waals surface area contributed by atoms with Crippen LogP contribution in [0.4, 0.5) is 0 Å². The number of hydrogen-bond donors (Lipinski definition) is 3. The van der Waals surface area contributed by atoms with Crippen LogP contribution in [-0.4, -0.2) is 72.5 Å². The van der Waals surface area contributed by atoms with E-state index in [1.54, 1.807) is 0 Å². The number of carbonyl (C=O) groups excluding carboxylic acids is 3. The molecule has 0 bridgehead atoms. The van der Waals surface area contributed by atoms with Gasteiger partial charge in [-0.15, -0.1) is 0 Å². The van der Waals surface area contributed by atoms with Gasteiger partial charge in [-0.1, -0.05) is 60.7 Å². The van der Waals surface area contributed by atoms with Gasteiger partial charge in [0, 0.05) is 72.6 Å². The van der Waals surface area contributed by atoms with Crippen molar-refractivity contribution in [2.24, 2.45) is 17.4 Å². The molecule has 12 heteroatoms. The third kappa shape index (κ3) is 6.29. The number of nitrogens with zero attached hydrogens (tertiary/aromatic N) is 2. The van der Waals surface area contributed by atoms with Crippen molar-refractivity contribution in [3.05, 3.63) is 130 Å². The summed E-state index contributed by atoms with van der Waals surface area (Å²) in [5.74, 6) is 0.724. The average molecular weight is 778 g/mol. The smallest absolute Gasteiger partial charge is 0.503 e. The number of piperidine rings is 2. The summed E-state index contributed by atoms with van der Waals surface area (Å²) >= 11 is 0. The van der Waals surface area contributed by atoms with Gasteiger partial charge in [0.2, 0.25) is 0 Å². The first kappa shape index (κ1) is 36.9. The molecule has 2 amide bonds. The molecular formula is C46H48BN5O6. The first-order valence-electron chi connectivity index (χ1n) is 20.7. The maximum absolute atomic E-state index is 14.0. The number of nitrogens with one attached hydrogen (secondary N) is 1. The minimum absolute atomic E-state index is 0.0459. The van der Waals surface area contributed by atoms with Gasteiger partial charge in [-0.05, 0) is 102 Å². The standard InChI is InChI=1S/C46H48BN5O6/c48-26-29-3-1-4-32(21-29)31-13-17-51(18-14-31)42(53)34-5-2-6-36(23-34)46(35-9-10-35)44(55)57-47(58-46)37-11-8-33-24-40(50-39(33)25-37)43(54)52-19-15-45(16-20-52)28-56-41-12-7-30(27-49)22-38(41)45/h1-8,11-12,21-25,31,35,50H,9-10,13-20,26-28,48-49H2/t46-/m1/s1. The molecule has 1 aromatic heterocycles. The van der Waals surface area contributed by atoms with Gasteiger partial charge in [-0.3, -0.25) is 14.4 Å². The summed E-state index contributed by atoms with van der Waals surface area (Å²) in [6.07, 6.45) is 5.04. The van der Waals surface area contributed by atoms with E-state index in [0.29, 0.717) is 74.1 Å². The van der Waals surface area contributed by atoms with Crippen molar-refractivity contribution in [3.8, 4) is 5.75 Å². The molecule has 1 atom stereocenters. The van der Waals surface area contributed by atoms with Crippen LogP contribution in [0.1, 0.15) is 93.1 Å². The maximum atomic E-state index is 14.0. The number of hydrogen-bond acceptors (Lipinski definition) is 8. The van der Waals surface area contributed by atoms with E-state index in [-0.39, 0.29) is 23.1 Å². The molecule has 4 aliphatic heterocycles. The number of carbonyl (C=O) groups is 3.